The third kappa shape index (κ3) is 3.36. The maximum atomic E-state index is 12.8. The molecule has 1 aliphatic rings. The van der Waals surface area contributed by atoms with Gasteiger partial charge in [0, 0.05) is 26.1 Å². The van der Waals surface area contributed by atoms with Gasteiger partial charge in [0.25, 0.3) is 5.91 Å². The van der Waals surface area contributed by atoms with E-state index in [4.69, 9.17) is 11.6 Å². The van der Waals surface area contributed by atoms with Crippen LogP contribution in [-0.4, -0.2) is 38.2 Å². The second kappa shape index (κ2) is 7.64. The van der Waals surface area contributed by atoms with Crippen molar-refractivity contribution >= 4 is 17.5 Å². The fourth-order valence-electron chi connectivity index (χ4n) is 3.71. The zero-order valence-electron chi connectivity index (χ0n) is 15.6. The smallest absolute Gasteiger partial charge is 0.339 e. The monoisotopic (exact) mass is 396 g/mol. The highest BCUT2D eigenvalue weighted by atomic mass is 35.5. The molecule has 0 unspecified atom stereocenters. The molecule has 7 heteroatoms. The summed E-state index contributed by atoms with van der Waals surface area (Å²) in [6.07, 6.45) is 1.50. The van der Waals surface area contributed by atoms with Crippen LogP contribution in [0.15, 0.2) is 59.4 Å². The number of carbonyl (C=O) groups is 1. The fraction of sp³-hybridized carbons (Fsp3) is 0.286. The minimum Gasteiger partial charge on any atom is -0.339 e. The van der Waals surface area contributed by atoms with Gasteiger partial charge in [0.15, 0.2) is 0 Å². The molecule has 3 aromatic rings. The standard InChI is InChI=1S/C21H21ClN4O2/c1-24-21(28)26(16-7-3-2-4-8-16)19(23-24)15-11-13-25(14-12-15)20(27)17-9-5-6-10-18(17)22/h2-10,15H,11-14H2,1H3. The molecule has 144 valence electrons. The molecule has 6 nitrogen and oxygen atoms in total. The van der Waals surface area contributed by atoms with E-state index in [0.717, 1.165) is 24.4 Å². The number of likely N-dealkylation sites (tertiary alicyclic amines) is 1. The zero-order valence-corrected chi connectivity index (χ0v) is 16.3. The number of hydrogen-bond donors (Lipinski definition) is 0. The molecule has 0 saturated carbocycles. The van der Waals surface area contributed by atoms with Crippen molar-refractivity contribution in [3.63, 3.8) is 0 Å². The minimum absolute atomic E-state index is 0.0504. The third-order valence-corrected chi connectivity index (χ3v) is 5.55. The molecule has 0 N–H and O–H groups in total. The Morgan fingerprint density at radius 2 is 1.68 bits per heavy atom. The van der Waals surface area contributed by atoms with Crippen LogP contribution >= 0.6 is 11.6 Å². The Morgan fingerprint density at radius 1 is 1.04 bits per heavy atom. The first-order valence-electron chi connectivity index (χ1n) is 9.31. The summed E-state index contributed by atoms with van der Waals surface area (Å²) in [5.41, 5.74) is 1.18. The Kier molecular flexibility index (Phi) is 5.05. The van der Waals surface area contributed by atoms with E-state index in [1.807, 2.05) is 47.4 Å². The van der Waals surface area contributed by atoms with E-state index in [1.165, 1.54) is 4.68 Å². The molecular formula is C21H21ClN4O2. The number of nitrogens with zero attached hydrogens (tertiary/aromatic N) is 4. The van der Waals surface area contributed by atoms with Gasteiger partial charge in [-0.1, -0.05) is 41.9 Å². The molecular weight excluding hydrogens is 376 g/mol. The molecule has 4 rings (SSSR count). The van der Waals surface area contributed by atoms with Gasteiger partial charge in [0.05, 0.1) is 16.3 Å². The maximum Gasteiger partial charge on any atom is 0.350 e. The Morgan fingerprint density at radius 3 is 2.36 bits per heavy atom. The third-order valence-electron chi connectivity index (χ3n) is 5.22. The predicted octanol–water partition coefficient (Wildman–Crippen LogP) is 3.24. The fourth-order valence-corrected chi connectivity index (χ4v) is 3.93. The molecule has 0 aliphatic carbocycles. The summed E-state index contributed by atoms with van der Waals surface area (Å²) in [5, 5.41) is 4.96. The van der Waals surface area contributed by atoms with Crippen molar-refractivity contribution in [2.24, 2.45) is 7.05 Å². The molecule has 1 fully saturated rings. The summed E-state index contributed by atoms with van der Waals surface area (Å²) in [4.78, 5) is 27.2. The van der Waals surface area contributed by atoms with Crippen LogP contribution in [0, 0.1) is 0 Å². The molecule has 2 aromatic carbocycles. The maximum absolute atomic E-state index is 12.8. The van der Waals surface area contributed by atoms with Crippen molar-refractivity contribution < 1.29 is 4.79 Å². The lowest BCUT2D eigenvalue weighted by Crippen LogP contribution is -2.38. The molecule has 0 spiro atoms. The van der Waals surface area contributed by atoms with Crippen LogP contribution in [0.3, 0.4) is 0 Å². The second-order valence-corrected chi connectivity index (χ2v) is 7.39. The number of hydrogen-bond acceptors (Lipinski definition) is 3. The Labute approximate surface area is 168 Å². The van der Waals surface area contributed by atoms with Crippen LogP contribution in [0.5, 0.6) is 0 Å². The van der Waals surface area contributed by atoms with Gasteiger partial charge in [-0.3, -0.25) is 4.79 Å². The van der Waals surface area contributed by atoms with Crippen molar-refractivity contribution in [2.45, 2.75) is 18.8 Å². The Hall–Kier alpha value is -2.86. The number of para-hydroxylation sites is 1. The van der Waals surface area contributed by atoms with Gasteiger partial charge in [-0.2, -0.15) is 5.10 Å². The minimum atomic E-state index is -0.157. The van der Waals surface area contributed by atoms with E-state index < -0.39 is 0 Å². The van der Waals surface area contributed by atoms with Crippen LogP contribution in [0.25, 0.3) is 5.69 Å². The molecule has 0 atom stereocenters. The summed E-state index contributed by atoms with van der Waals surface area (Å²) in [6, 6.07) is 16.7. The average Bonchev–Trinajstić information content (AvgIpc) is 3.03. The van der Waals surface area contributed by atoms with Gasteiger partial charge >= 0.3 is 5.69 Å². The van der Waals surface area contributed by atoms with E-state index in [-0.39, 0.29) is 17.5 Å². The van der Waals surface area contributed by atoms with Crippen molar-refractivity contribution in [1.82, 2.24) is 19.2 Å². The van der Waals surface area contributed by atoms with E-state index >= 15 is 0 Å². The number of carbonyl (C=O) groups excluding carboxylic acids is 1. The van der Waals surface area contributed by atoms with Crippen LogP contribution in [-0.2, 0) is 7.05 Å². The topological polar surface area (TPSA) is 60.1 Å². The molecule has 0 radical (unpaired) electrons. The van der Waals surface area contributed by atoms with Crippen molar-refractivity contribution in [1.29, 1.82) is 0 Å². The highest BCUT2D eigenvalue weighted by Gasteiger charge is 2.29. The molecule has 28 heavy (non-hydrogen) atoms. The number of rotatable bonds is 3. The Balaban J connectivity index is 1.55. The quantitative estimate of drug-likeness (QED) is 0.682. The van der Waals surface area contributed by atoms with E-state index in [9.17, 15) is 9.59 Å². The molecule has 2 heterocycles. The largest absolute Gasteiger partial charge is 0.350 e. The predicted molar refractivity (Wildman–Crippen MR) is 108 cm³/mol. The summed E-state index contributed by atoms with van der Waals surface area (Å²) in [5.74, 6) is 0.818. The highest BCUT2D eigenvalue weighted by molar-refractivity contribution is 6.33. The first kappa shape index (κ1) is 18.5. The molecule has 0 bridgehead atoms. The van der Waals surface area contributed by atoms with Crippen molar-refractivity contribution in [2.75, 3.05) is 13.1 Å². The van der Waals surface area contributed by atoms with Gasteiger partial charge in [-0.25, -0.2) is 14.0 Å². The first-order chi connectivity index (χ1) is 13.6. The van der Waals surface area contributed by atoms with Gasteiger partial charge in [-0.15, -0.1) is 0 Å². The van der Waals surface area contributed by atoms with Crippen LogP contribution in [0.2, 0.25) is 5.02 Å². The number of benzene rings is 2. The summed E-state index contributed by atoms with van der Waals surface area (Å²) < 4.78 is 3.06. The van der Waals surface area contributed by atoms with E-state index in [0.29, 0.717) is 23.7 Å². The van der Waals surface area contributed by atoms with Crippen LogP contribution < -0.4 is 5.69 Å². The Bertz CT molecular complexity index is 1050. The number of aromatic nitrogens is 3. The SMILES string of the molecule is Cn1nc(C2CCN(C(=O)c3ccccc3Cl)CC2)n(-c2ccccc2)c1=O. The molecule has 1 aliphatic heterocycles. The average molecular weight is 397 g/mol. The molecule has 1 aromatic heterocycles. The summed E-state index contributed by atoms with van der Waals surface area (Å²) in [6.45, 7) is 1.21. The lowest BCUT2D eigenvalue weighted by molar-refractivity contribution is 0.0710. The molecule has 1 amide bonds. The number of amides is 1. The molecule has 1 saturated heterocycles. The van der Waals surface area contributed by atoms with Crippen molar-refractivity contribution in [3.05, 3.63) is 81.5 Å². The summed E-state index contributed by atoms with van der Waals surface area (Å²) in [7, 11) is 1.67. The zero-order chi connectivity index (χ0) is 19.7. The summed E-state index contributed by atoms with van der Waals surface area (Å²) >= 11 is 6.17. The highest BCUT2D eigenvalue weighted by Crippen LogP contribution is 2.29. The van der Waals surface area contributed by atoms with Crippen molar-refractivity contribution in [3.8, 4) is 5.69 Å². The van der Waals surface area contributed by atoms with E-state index in [2.05, 4.69) is 5.10 Å². The number of piperidine rings is 1. The van der Waals surface area contributed by atoms with Gasteiger partial charge in [0.1, 0.15) is 5.82 Å². The van der Waals surface area contributed by atoms with Gasteiger partial charge in [-0.05, 0) is 37.1 Å². The van der Waals surface area contributed by atoms with Crippen LogP contribution in [0.1, 0.15) is 34.9 Å². The van der Waals surface area contributed by atoms with Gasteiger partial charge in [0.2, 0.25) is 0 Å². The number of aryl methyl sites for hydroxylation is 1. The van der Waals surface area contributed by atoms with E-state index in [1.54, 1.807) is 23.7 Å². The number of halogens is 1. The van der Waals surface area contributed by atoms with Crippen LogP contribution in [0.4, 0.5) is 0 Å². The lowest BCUT2D eigenvalue weighted by Gasteiger charge is -2.31. The first-order valence-corrected chi connectivity index (χ1v) is 9.69. The second-order valence-electron chi connectivity index (χ2n) is 6.98. The van der Waals surface area contributed by atoms with Gasteiger partial charge < -0.3 is 4.90 Å². The lowest BCUT2D eigenvalue weighted by atomic mass is 9.95. The normalized spacial score (nSPS) is 15.0.